The molecular formula is C17H20N4O4. The first-order valence-electron chi connectivity index (χ1n) is 7.98. The summed E-state index contributed by atoms with van der Waals surface area (Å²) in [5, 5.41) is 10.8. The first kappa shape index (κ1) is 17.0. The average molecular weight is 344 g/mol. The van der Waals surface area contributed by atoms with Crippen molar-refractivity contribution < 1.29 is 19.0 Å². The van der Waals surface area contributed by atoms with Crippen LogP contribution in [0.4, 0.5) is 11.6 Å². The molecule has 8 nitrogen and oxygen atoms in total. The van der Waals surface area contributed by atoms with Crippen molar-refractivity contribution in [3.05, 3.63) is 36.4 Å². The fourth-order valence-corrected chi connectivity index (χ4v) is 2.41. The van der Waals surface area contributed by atoms with E-state index in [1.165, 1.54) is 0 Å². The molecule has 1 fully saturated rings. The van der Waals surface area contributed by atoms with Crippen LogP contribution in [0.5, 0.6) is 11.5 Å². The summed E-state index contributed by atoms with van der Waals surface area (Å²) in [4.78, 5) is 14.1. The van der Waals surface area contributed by atoms with Crippen molar-refractivity contribution in [3.63, 3.8) is 0 Å². The Kier molecular flexibility index (Phi) is 5.63. The predicted octanol–water partition coefficient (Wildman–Crippen LogP) is 1.34. The van der Waals surface area contributed by atoms with Crippen LogP contribution in [0.3, 0.4) is 0 Å². The average Bonchev–Trinajstić information content (AvgIpc) is 2.68. The van der Waals surface area contributed by atoms with Gasteiger partial charge in [0.1, 0.15) is 0 Å². The van der Waals surface area contributed by atoms with Crippen molar-refractivity contribution in [2.45, 2.75) is 0 Å². The summed E-state index contributed by atoms with van der Waals surface area (Å²) in [6.07, 6.45) is 0. The van der Waals surface area contributed by atoms with Gasteiger partial charge in [-0.15, -0.1) is 10.2 Å². The molecule has 0 saturated carbocycles. The monoisotopic (exact) mass is 344 g/mol. The zero-order valence-electron chi connectivity index (χ0n) is 14.0. The van der Waals surface area contributed by atoms with E-state index in [1.54, 1.807) is 25.3 Å². The highest BCUT2D eigenvalue weighted by Crippen LogP contribution is 2.25. The zero-order chi connectivity index (χ0) is 17.5. The summed E-state index contributed by atoms with van der Waals surface area (Å²) in [6, 6.07) is 10.7. The number of hydrogen-bond acceptors (Lipinski definition) is 7. The number of amides is 1. The molecule has 0 unspecified atom stereocenters. The number of aromatic nitrogens is 2. The highest BCUT2D eigenvalue weighted by molar-refractivity contribution is 5.90. The van der Waals surface area contributed by atoms with Gasteiger partial charge in [0.2, 0.25) is 0 Å². The molecule has 1 aromatic heterocycles. The van der Waals surface area contributed by atoms with Crippen molar-refractivity contribution >= 4 is 17.5 Å². The molecule has 3 rings (SSSR count). The minimum Gasteiger partial charge on any atom is -0.493 e. The second-order valence-electron chi connectivity index (χ2n) is 5.36. The van der Waals surface area contributed by atoms with Gasteiger partial charge < -0.3 is 24.4 Å². The molecule has 2 aromatic rings. The van der Waals surface area contributed by atoms with Gasteiger partial charge in [0.05, 0.1) is 20.3 Å². The van der Waals surface area contributed by atoms with Crippen molar-refractivity contribution in [3.8, 4) is 11.5 Å². The van der Waals surface area contributed by atoms with E-state index in [1.807, 2.05) is 18.2 Å². The topological polar surface area (TPSA) is 85.8 Å². The Morgan fingerprint density at radius 2 is 1.92 bits per heavy atom. The van der Waals surface area contributed by atoms with Crippen LogP contribution in [0.15, 0.2) is 36.4 Å². The standard InChI is InChI=1S/C17H20N4O4/c1-23-13-4-2-3-5-14(13)25-12-17(22)18-15-6-7-16(20-19-15)21-8-10-24-11-9-21/h2-7H,8-12H2,1H3,(H,18,19,22). The maximum atomic E-state index is 12.0. The number of benzene rings is 1. The highest BCUT2D eigenvalue weighted by Gasteiger charge is 2.13. The summed E-state index contributed by atoms with van der Waals surface area (Å²) in [6.45, 7) is 2.79. The van der Waals surface area contributed by atoms with E-state index in [4.69, 9.17) is 14.2 Å². The Balaban J connectivity index is 1.52. The minimum atomic E-state index is -0.320. The lowest BCUT2D eigenvalue weighted by atomic mass is 10.3. The van der Waals surface area contributed by atoms with Crippen LogP contribution in [0.25, 0.3) is 0 Å². The number of rotatable bonds is 6. The largest absolute Gasteiger partial charge is 0.493 e. The van der Waals surface area contributed by atoms with Crippen molar-refractivity contribution in [1.82, 2.24) is 10.2 Å². The number of ether oxygens (including phenoxy) is 3. The molecule has 1 amide bonds. The van der Waals surface area contributed by atoms with Crippen molar-refractivity contribution in [2.75, 3.05) is 50.2 Å². The van der Waals surface area contributed by atoms with Crippen LogP contribution in [0.1, 0.15) is 0 Å². The Morgan fingerprint density at radius 3 is 2.60 bits per heavy atom. The van der Waals surface area contributed by atoms with Gasteiger partial charge in [-0.1, -0.05) is 12.1 Å². The molecule has 0 radical (unpaired) electrons. The van der Waals surface area contributed by atoms with Crippen LogP contribution in [0, 0.1) is 0 Å². The van der Waals surface area contributed by atoms with E-state index < -0.39 is 0 Å². The summed E-state index contributed by atoms with van der Waals surface area (Å²) in [7, 11) is 1.55. The fraction of sp³-hybridized carbons (Fsp3) is 0.353. The van der Waals surface area contributed by atoms with Gasteiger partial charge >= 0.3 is 0 Å². The van der Waals surface area contributed by atoms with E-state index in [2.05, 4.69) is 20.4 Å². The van der Waals surface area contributed by atoms with E-state index in [9.17, 15) is 4.79 Å². The summed E-state index contributed by atoms with van der Waals surface area (Å²) in [5.41, 5.74) is 0. The van der Waals surface area contributed by atoms with Crippen molar-refractivity contribution in [1.29, 1.82) is 0 Å². The minimum absolute atomic E-state index is 0.146. The molecule has 1 N–H and O–H groups in total. The molecule has 0 atom stereocenters. The molecule has 132 valence electrons. The number of hydrogen-bond donors (Lipinski definition) is 1. The Morgan fingerprint density at radius 1 is 1.16 bits per heavy atom. The Labute approximate surface area is 145 Å². The quantitative estimate of drug-likeness (QED) is 0.846. The van der Waals surface area contributed by atoms with Gasteiger partial charge in [-0.3, -0.25) is 4.79 Å². The second-order valence-corrected chi connectivity index (χ2v) is 5.36. The predicted molar refractivity (Wildman–Crippen MR) is 92.2 cm³/mol. The molecule has 2 heterocycles. The van der Waals surface area contributed by atoms with E-state index in [-0.39, 0.29) is 12.5 Å². The number of methoxy groups -OCH3 is 1. The molecule has 25 heavy (non-hydrogen) atoms. The number of anilines is 2. The number of carbonyl (C=O) groups is 1. The zero-order valence-corrected chi connectivity index (χ0v) is 14.0. The third-order valence-electron chi connectivity index (χ3n) is 3.68. The normalized spacial score (nSPS) is 14.0. The van der Waals surface area contributed by atoms with Gasteiger partial charge in [0.15, 0.2) is 29.7 Å². The van der Waals surface area contributed by atoms with Crippen molar-refractivity contribution in [2.24, 2.45) is 0 Å². The molecule has 0 aliphatic carbocycles. The number of nitrogens with one attached hydrogen (secondary N) is 1. The molecule has 1 aliphatic heterocycles. The maximum Gasteiger partial charge on any atom is 0.263 e. The van der Waals surface area contributed by atoms with E-state index in [0.29, 0.717) is 30.5 Å². The third-order valence-corrected chi connectivity index (χ3v) is 3.68. The number of para-hydroxylation sites is 2. The van der Waals surface area contributed by atoms with Gasteiger partial charge in [-0.05, 0) is 24.3 Å². The molecule has 1 aromatic carbocycles. The summed E-state index contributed by atoms with van der Waals surface area (Å²) >= 11 is 0. The third kappa shape index (κ3) is 4.57. The number of morpholine rings is 1. The van der Waals surface area contributed by atoms with Crippen LogP contribution in [-0.4, -0.2) is 56.1 Å². The van der Waals surface area contributed by atoms with Gasteiger partial charge in [-0.2, -0.15) is 0 Å². The number of nitrogens with zero attached hydrogens (tertiary/aromatic N) is 3. The van der Waals surface area contributed by atoms with Gasteiger partial charge in [0.25, 0.3) is 5.91 Å². The fourth-order valence-electron chi connectivity index (χ4n) is 2.41. The van der Waals surface area contributed by atoms with Crippen LogP contribution < -0.4 is 19.7 Å². The lowest BCUT2D eigenvalue weighted by Crippen LogP contribution is -2.36. The number of carbonyl (C=O) groups excluding carboxylic acids is 1. The molecule has 0 spiro atoms. The molecular weight excluding hydrogens is 324 g/mol. The van der Waals surface area contributed by atoms with E-state index in [0.717, 1.165) is 18.9 Å². The Hall–Kier alpha value is -2.87. The van der Waals surface area contributed by atoms with Gasteiger partial charge in [-0.25, -0.2) is 0 Å². The lowest BCUT2D eigenvalue weighted by Gasteiger charge is -2.27. The molecule has 8 heteroatoms. The Bertz CT molecular complexity index is 702. The summed E-state index contributed by atoms with van der Waals surface area (Å²) < 4.78 is 16.0. The lowest BCUT2D eigenvalue weighted by molar-refractivity contribution is -0.118. The smallest absolute Gasteiger partial charge is 0.263 e. The highest BCUT2D eigenvalue weighted by atomic mass is 16.5. The SMILES string of the molecule is COc1ccccc1OCC(=O)Nc1ccc(N2CCOCC2)nn1. The first-order valence-corrected chi connectivity index (χ1v) is 7.98. The summed E-state index contributed by atoms with van der Waals surface area (Å²) in [5.74, 6) is 1.91. The maximum absolute atomic E-state index is 12.0. The van der Waals surface area contributed by atoms with Crippen LogP contribution in [-0.2, 0) is 9.53 Å². The first-order chi connectivity index (χ1) is 12.3. The van der Waals surface area contributed by atoms with Gasteiger partial charge in [0, 0.05) is 13.1 Å². The van der Waals surface area contributed by atoms with Crippen LogP contribution in [0.2, 0.25) is 0 Å². The molecule has 1 saturated heterocycles. The second kappa shape index (κ2) is 8.29. The molecule has 0 bridgehead atoms. The van der Waals surface area contributed by atoms with Crippen LogP contribution >= 0.6 is 0 Å². The molecule has 1 aliphatic rings. The van der Waals surface area contributed by atoms with E-state index >= 15 is 0 Å².